The molecule has 3 nitrogen and oxygen atoms in total. The fourth-order valence-electron chi connectivity index (χ4n) is 3.29. The Morgan fingerprint density at radius 3 is 2.46 bits per heavy atom. The molecular formula is C21H16Br2N2O. The van der Waals surface area contributed by atoms with Crippen LogP contribution in [0.4, 0.5) is 11.4 Å². The van der Waals surface area contributed by atoms with E-state index in [4.69, 9.17) is 0 Å². The zero-order chi connectivity index (χ0) is 18.3. The van der Waals surface area contributed by atoms with Gasteiger partial charge in [0.1, 0.15) is 6.17 Å². The second-order valence-electron chi connectivity index (χ2n) is 6.22. The van der Waals surface area contributed by atoms with Gasteiger partial charge in [-0.2, -0.15) is 0 Å². The molecule has 0 spiro atoms. The molecule has 0 unspecified atom stereocenters. The summed E-state index contributed by atoms with van der Waals surface area (Å²) in [6, 6.07) is 21.7. The number of amides is 1. The minimum absolute atomic E-state index is 0.0145. The molecule has 0 aromatic heterocycles. The van der Waals surface area contributed by atoms with Crippen LogP contribution < -0.4 is 10.2 Å². The number of carbonyl (C=O) groups is 1. The minimum Gasteiger partial charge on any atom is -0.360 e. The Balaban J connectivity index is 1.82. The van der Waals surface area contributed by atoms with Gasteiger partial charge in [0, 0.05) is 25.8 Å². The molecule has 1 heterocycles. The summed E-state index contributed by atoms with van der Waals surface area (Å²) in [7, 11) is 0. The van der Waals surface area contributed by atoms with Gasteiger partial charge in [0.05, 0.1) is 5.69 Å². The van der Waals surface area contributed by atoms with Crippen LogP contribution in [0.15, 0.2) is 75.7 Å². The van der Waals surface area contributed by atoms with Crippen molar-refractivity contribution in [3.05, 3.63) is 92.4 Å². The predicted octanol–water partition coefficient (Wildman–Crippen LogP) is 6.29. The van der Waals surface area contributed by atoms with Crippen molar-refractivity contribution in [1.82, 2.24) is 0 Å². The molecule has 1 N–H and O–H groups in total. The highest BCUT2D eigenvalue weighted by atomic mass is 79.9. The summed E-state index contributed by atoms with van der Waals surface area (Å²) < 4.78 is 1.93. The predicted molar refractivity (Wildman–Crippen MR) is 113 cm³/mol. The lowest BCUT2D eigenvalue weighted by Crippen LogP contribution is -2.32. The molecular weight excluding hydrogens is 456 g/mol. The van der Waals surface area contributed by atoms with Crippen molar-refractivity contribution in [2.45, 2.75) is 13.1 Å². The molecule has 3 aromatic rings. The van der Waals surface area contributed by atoms with Gasteiger partial charge in [0.25, 0.3) is 5.91 Å². The molecule has 1 amide bonds. The minimum atomic E-state index is -0.266. The van der Waals surface area contributed by atoms with Gasteiger partial charge in [-0.05, 0) is 58.7 Å². The van der Waals surface area contributed by atoms with Gasteiger partial charge in [-0.15, -0.1) is 0 Å². The van der Waals surface area contributed by atoms with Gasteiger partial charge in [0.2, 0.25) is 0 Å². The molecule has 1 atom stereocenters. The highest BCUT2D eigenvalue weighted by Crippen LogP contribution is 2.40. The van der Waals surface area contributed by atoms with Crippen LogP contribution in [0.1, 0.15) is 27.7 Å². The van der Waals surface area contributed by atoms with Gasteiger partial charge >= 0.3 is 0 Å². The number of hydrogen-bond donors (Lipinski definition) is 1. The first-order valence-electron chi connectivity index (χ1n) is 8.26. The van der Waals surface area contributed by atoms with Gasteiger partial charge < -0.3 is 5.32 Å². The third kappa shape index (κ3) is 2.95. The van der Waals surface area contributed by atoms with Gasteiger partial charge in [-0.1, -0.05) is 52.3 Å². The van der Waals surface area contributed by atoms with E-state index in [-0.39, 0.29) is 12.1 Å². The number of carbonyl (C=O) groups excluding carboxylic acids is 1. The molecule has 0 bridgehead atoms. The molecule has 26 heavy (non-hydrogen) atoms. The van der Waals surface area contributed by atoms with Crippen LogP contribution in [-0.4, -0.2) is 5.91 Å². The van der Waals surface area contributed by atoms with Crippen molar-refractivity contribution in [3.63, 3.8) is 0 Å². The molecule has 0 fully saturated rings. The van der Waals surface area contributed by atoms with Crippen molar-refractivity contribution in [2.24, 2.45) is 0 Å². The molecule has 0 aliphatic carbocycles. The summed E-state index contributed by atoms with van der Waals surface area (Å²) in [5, 5.41) is 3.54. The van der Waals surface area contributed by atoms with E-state index in [0.717, 1.165) is 37.0 Å². The third-order valence-corrected chi connectivity index (χ3v) is 5.71. The van der Waals surface area contributed by atoms with Crippen LogP contribution in [0, 0.1) is 6.92 Å². The molecule has 0 radical (unpaired) electrons. The van der Waals surface area contributed by atoms with Crippen molar-refractivity contribution >= 4 is 49.1 Å². The molecule has 130 valence electrons. The van der Waals surface area contributed by atoms with E-state index < -0.39 is 0 Å². The Hall–Kier alpha value is -2.11. The average molecular weight is 472 g/mol. The molecule has 0 saturated heterocycles. The number of nitrogens with zero attached hydrogens (tertiary/aromatic N) is 1. The maximum Gasteiger partial charge on any atom is 0.260 e. The first-order chi connectivity index (χ1) is 12.6. The number of benzene rings is 3. The molecule has 4 rings (SSSR count). The zero-order valence-electron chi connectivity index (χ0n) is 14.0. The normalized spacial score (nSPS) is 15.9. The summed E-state index contributed by atoms with van der Waals surface area (Å²) in [5.74, 6) is 0.0145. The summed E-state index contributed by atoms with van der Waals surface area (Å²) in [6.45, 7) is 2.03. The van der Waals surface area contributed by atoms with Crippen LogP contribution in [0.5, 0.6) is 0 Å². The van der Waals surface area contributed by atoms with E-state index in [2.05, 4.69) is 37.2 Å². The van der Waals surface area contributed by atoms with E-state index in [1.54, 1.807) is 0 Å². The third-order valence-electron chi connectivity index (χ3n) is 4.56. The Bertz CT molecular complexity index is 1000. The first-order valence-corrected chi connectivity index (χ1v) is 9.84. The second kappa shape index (κ2) is 6.89. The number of rotatable bonds is 3. The number of hydrogen-bond acceptors (Lipinski definition) is 2. The van der Waals surface area contributed by atoms with E-state index in [0.29, 0.717) is 0 Å². The topological polar surface area (TPSA) is 32.3 Å². The standard InChI is InChI=1S/C21H16Br2N2O/c1-13-6-2-5-9-19(13)25-20(15-7-3-4-8-16(15)21(25)26)24-18-11-10-14(22)12-17(18)23/h2-12,20,24H,1H3/t20-/m1/s1. The van der Waals surface area contributed by atoms with Crippen molar-refractivity contribution in [1.29, 1.82) is 0 Å². The number of halogens is 2. The Kier molecular flexibility index (Phi) is 4.59. The summed E-state index contributed by atoms with van der Waals surface area (Å²) in [4.78, 5) is 15.0. The van der Waals surface area contributed by atoms with Gasteiger partial charge in [-0.25, -0.2) is 0 Å². The number of anilines is 2. The van der Waals surface area contributed by atoms with Crippen molar-refractivity contribution < 1.29 is 4.79 Å². The number of fused-ring (bicyclic) bond motifs is 1. The summed E-state index contributed by atoms with van der Waals surface area (Å²) >= 11 is 7.08. The van der Waals surface area contributed by atoms with E-state index in [1.165, 1.54) is 0 Å². The second-order valence-corrected chi connectivity index (χ2v) is 7.99. The van der Waals surface area contributed by atoms with Crippen LogP contribution in [0.25, 0.3) is 0 Å². The smallest absolute Gasteiger partial charge is 0.260 e. The molecule has 1 aliphatic rings. The average Bonchev–Trinajstić information content (AvgIpc) is 2.90. The molecule has 1 aliphatic heterocycles. The van der Waals surface area contributed by atoms with Crippen molar-refractivity contribution in [3.8, 4) is 0 Å². The SMILES string of the molecule is Cc1ccccc1N1C(=O)c2ccccc2[C@@H]1Nc1ccc(Br)cc1Br. The summed E-state index contributed by atoms with van der Waals surface area (Å²) in [5.41, 5.74) is 4.63. The largest absolute Gasteiger partial charge is 0.360 e. The van der Waals surface area contributed by atoms with Crippen LogP contribution in [-0.2, 0) is 0 Å². The molecule has 5 heteroatoms. The highest BCUT2D eigenvalue weighted by Gasteiger charge is 2.38. The Labute approximate surface area is 169 Å². The molecule has 0 saturated carbocycles. The highest BCUT2D eigenvalue weighted by molar-refractivity contribution is 9.11. The quantitative estimate of drug-likeness (QED) is 0.486. The monoisotopic (exact) mass is 470 g/mol. The maximum absolute atomic E-state index is 13.2. The van der Waals surface area contributed by atoms with Crippen molar-refractivity contribution in [2.75, 3.05) is 10.2 Å². The fourth-order valence-corrected chi connectivity index (χ4v) is 4.46. The lowest BCUT2D eigenvalue weighted by atomic mass is 10.1. The number of nitrogens with one attached hydrogen (secondary N) is 1. The number of aryl methyl sites for hydroxylation is 1. The van der Waals surface area contributed by atoms with Crippen LogP contribution in [0.2, 0.25) is 0 Å². The van der Waals surface area contributed by atoms with Gasteiger partial charge in [0.15, 0.2) is 0 Å². The van der Waals surface area contributed by atoms with Crippen LogP contribution >= 0.6 is 31.9 Å². The number of para-hydroxylation sites is 1. The molecule has 3 aromatic carbocycles. The Morgan fingerprint density at radius 2 is 1.69 bits per heavy atom. The van der Waals surface area contributed by atoms with E-state index in [1.807, 2.05) is 78.6 Å². The first kappa shape index (κ1) is 17.3. The summed E-state index contributed by atoms with van der Waals surface area (Å²) in [6.07, 6.45) is -0.266. The zero-order valence-corrected chi connectivity index (χ0v) is 17.2. The van der Waals surface area contributed by atoms with Gasteiger partial charge in [-0.3, -0.25) is 9.69 Å². The Morgan fingerprint density at radius 1 is 0.962 bits per heavy atom. The van der Waals surface area contributed by atoms with Crippen LogP contribution in [0.3, 0.4) is 0 Å². The lowest BCUT2D eigenvalue weighted by Gasteiger charge is -2.28. The maximum atomic E-state index is 13.2. The fraction of sp³-hybridized carbons (Fsp3) is 0.0952. The van der Waals surface area contributed by atoms with E-state index >= 15 is 0 Å². The lowest BCUT2D eigenvalue weighted by molar-refractivity contribution is 0.0993. The van der Waals surface area contributed by atoms with E-state index in [9.17, 15) is 4.79 Å².